The second kappa shape index (κ2) is 3.01. The molecule has 0 spiro atoms. The Morgan fingerprint density at radius 2 is 2.50 bits per heavy atom. The molecule has 0 aliphatic heterocycles. The normalized spacial score (nSPS) is 11.8. The fourth-order valence-electron chi connectivity index (χ4n) is 0.135. The molecule has 0 heterocycles. The summed E-state index contributed by atoms with van der Waals surface area (Å²) in [6.45, 7) is 1.46. The second-order valence-corrected chi connectivity index (χ2v) is 1.32. The lowest BCUT2D eigenvalue weighted by Crippen LogP contribution is -2.24. The Balaban J connectivity index is 3.84. The number of carbonyl (C=O) groups is 1. The predicted molar refractivity (Wildman–Crippen MR) is 27.8 cm³/mol. The van der Waals surface area contributed by atoms with Gasteiger partial charge in [-0.2, -0.15) is 0 Å². The highest BCUT2D eigenvalue weighted by Gasteiger charge is 2.01. The SMILES string of the molecule is C[C@H](N)C(=O)N=[N+]=[N-]. The maximum atomic E-state index is 10.2. The Bertz CT molecular complexity index is 134. The Labute approximate surface area is 46.1 Å². The number of amides is 1. The van der Waals surface area contributed by atoms with E-state index in [0.29, 0.717) is 0 Å². The Hall–Kier alpha value is -1.06. The number of nitrogens with two attached hydrogens (primary N) is 1. The summed E-state index contributed by atoms with van der Waals surface area (Å²) in [5.41, 5.74) is 12.7. The van der Waals surface area contributed by atoms with Gasteiger partial charge in [-0.25, -0.2) is 0 Å². The van der Waals surface area contributed by atoms with E-state index in [1.54, 1.807) is 0 Å². The van der Waals surface area contributed by atoms with E-state index in [2.05, 4.69) is 10.0 Å². The minimum Gasteiger partial charge on any atom is -0.322 e. The molecule has 1 amide bonds. The van der Waals surface area contributed by atoms with Crippen LogP contribution < -0.4 is 5.73 Å². The summed E-state index contributed by atoms with van der Waals surface area (Å²) in [6.07, 6.45) is 0. The summed E-state index contributed by atoms with van der Waals surface area (Å²) < 4.78 is 0. The summed E-state index contributed by atoms with van der Waals surface area (Å²) in [5.74, 6) is -0.632. The maximum absolute atomic E-state index is 10.2. The van der Waals surface area contributed by atoms with E-state index in [1.165, 1.54) is 6.92 Å². The van der Waals surface area contributed by atoms with Crippen molar-refractivity contribution in [1.29, 1.82) is 0 Å². The molecule has 5 heteroatoms. The van der Waals surface area contributed by atoms with Crippen molar-refractivity contribution in [1.82, 2.24) is 0 Å². The van der Waals surface area contributed by atoms with E-state index in [1.807, 2.05) is 0 Å². The first kappa shape index (κ1) is 6.94. The van der Waals surface area contributed by atoms with E-state index >= 15 is 0 Å². The first-order valence-corrected chi connectivity index (χ1v) is 2.03. The summed E-state index contributed by atoms with van der Waals surface area (Å²) in [5, 5.41) is 2.74. The van der Waals surface area contributed by atoms with Crippen LogP contribution in [0.15, 0.2) is 5.11 Å². The molecule has 0 aromatic carbocycles. The van der Waals surface area contributed by atoms with Crippen LogP contribution in [0.5, 0.6) is 0 Å². The maximum Gasteiger partial charge on any atom is 0.235 e. The fraction of sp³-hybridized carbons (Fsp3) is 0.667. The van der Waals surface area contributed by atoms with E-state index in [9.17, 15) is 4.79 Å². The molecule has 0 bridgehead atoms. The van der Waals surface area contributed by atoms with Gasteiger partial charge in [0.25, 0.3) is 0 Å². The molecule has 0 aromatic heterocycles. The lowest BCUT2D eigenvalue weighted by Gasteiger charge is -1.91. The molecular formula is C3H6N4O. The van der Waals surface area contributed by atoms with Crippen molar-refractivity contribution in [3.63, 3.8) is 0 Å². The molecule has 5 nitrogen and oxygen atoms in total. The van der Waals surface area contributed by atoms with Gasteiger partial charge in [-0.05, 0) is 17.6 Å². The largest absolute Gasteiger partial charge is 0.322 e. The molecule has 1 atom stereocenters. The molecule has 0 aliphatic rings. The zero-order valence-electron chi connectivity index (χ0n) is 4.40. The van der Waals surface area contributed by atoms with E-state index in [0.717, 1.165) is 0 Å². The smallest absolute Gasteiger partial charge is 0.235 e. The monoisotopic (exact) mass is 114 g/mol. The molecule has 0 radical (unpaired) electrons. The van der Waals surface area contributed by atoms with Crippen LogP contribution in [0.1, 0.15) is 6.92 Å². The van der Waals surface area contributed by atoms with Crippen molar-refractivity contribution < 1.29 is 4.79 Å². The minimum atomic E-state index is -0.689. The summed E-state index contributed by atoms with van der Waals surface area (Å²) >= 11 is 0. The molecule has 44 valence electrons. The molecule has 0 saturated heterocycles. The van der Waals surface area contributed by atoms with Gasteiger partial charge in [0.1, 0.15) is 0 Å². The third-order valence-electron chi connectivity index (χ3n) is 0.533. The second-order valence-electron chi connectivity index (χ2n) is 1.32. The van der Waals surface area contributed by atoms with E-state index < -0.39 is 11.9 Å². The third kappa shape index (κ3) is 2.17. The summed E-state index contributed by atoms with van der Waals surface area (Å²) in [6, 6.07) is -0.689. The zero-order valence-corrected chi connectivity index (χ0v) is 4.40. The van der Waals surface area contributed by atoms with Crippen molar-refractivity contribution >= 4 is 5.91 Å². The Kier molecular flexibility index (Phi) is 2.61. The summed E-state index contributed by atoms with van der Waals surface area (Å²) in [7, 11) is 0. The quantitative estimate of drug-likeness (QED) is 0.299. The molecule has 0 aromatic rings. The number of hydrogen-bond donors (Lipinski definition) is 1. The number of hydrogen-bond acceptors (Lipinski definition) is 2. The average molecular weight is 114 g/mol. The van der Waals surface area contributed by atoms with Gasteiger partial charge in [0.05, 0.1) is 6.04 Å². The average Bonchev–Trinajstić information content (AvgIpc) is 1.67. The lowest BCUT2D eigenvalue weighted by molar-refractivity contribution is -0.118. The number of carbonyl (C=O) groups excluding carboxylic acids is 1. The Morgan fingerprint density at radius 3 is 2.62 bits per heavy atom. The molecule has 8 heavy (non-hydrogen) atoms. The lowest BCUT2D eigenvalue weighted by atomic mass is 10.4. The van der Waals surface area contributed by atoms with Gasteiger partial charge < -0.3 is 5.73 Å². The molecule has 0 rings (SSSR count). The third-order valence-corrected chi connectivity index (χ3v) is 0.533. The predicted octanol–water partition coefficient (Wildman–Crippen LogP) is 0.170. The fourth-order valence-corrected chi connectivity index (χ4v) is 0.135. The van der Waals surface area contributed by atoms with Crippen LogP contribution in [0.25, 0.3) is 10.4 Å². The Morgan fingerprint density at radius 1 is 2.00 bits per heavy atom. The van der Waals surface area contributed by atoms with Crippen molar-refractivity contribution in [3.05, 3.63) is 10.4 Å². The standard InChI is InChI=1S/C3H6N4O/c1-2(4)3(8)6-7-5/h2H,4H2,1H3/t2-/m0/s1. The van der Waals surface area contributed by atoms with Crippen LogP contribution in [-0.4, -0.2) is 11.9 Å². The molecule has 0 unspecified atom stereocenters. The van der Waals surface area contributed by atoms with E-state index in [4.69, 9.17) is 11.3 Å². The van der Waals surface area contributed by atoms with Gasteiger partial charge in [-0.1, -0.05) is 0 Å². The molecule has 0 fully saturated rings. The number of nitrogens with zero attached hydrogens (tertiary/aromatic N) is 3. The number of rotatable bonds is 1. The zero-order chi connectivity index (χ0) is 6.57. The highest BCUT2D eigenvalue weighted by molar-refractivity contribution is 5.81. The molecule has 0 aliphatic carbocycles. The van der Waals surface area contributed by atoms with Crippen LogP contribution in [0.2, 0.25) is 0 Å². The van der Waals surface area contributed by atoms with Gasteiger partial charge >= 0.3 is 0 Å². The van der Waals surface area contributed by atoms with Crippen LogP contribution >= 0.6 is 0 Å². The van der Waals surface area contributed by atoms with Gasteiger partial charge in [-0.15, -0.1) is 0 Å². The first-order chi connectivity index (χ1) is 3.68. The minimum absolute atomic E-state index is 0.632. The van der Waals surface area contributed by atoms with Gasteiger partial charge in [0, 0.05) is 4.91 Å². The topological polar surface area (TPSA) is 91.9 Å². The highest BCUT2D eigenvalue weighted by Crippen LogP contribution is 1.80. The van der Waals surface area contributed by atoms with Crippen molar-refractivity contribution in [3.8, 4) is 0 Å². The highest BCUT2D eigenvalue weighted by atomic mass is 16.2. The van der Waals surface area contributed by atoms with Crippen LogP contribution in [0.4, 0.5) is 0 Å². The number of azide groups is 1. The van der Waals surface area contributed by atoms with E-state index in [-0.39, 0.29) is 0 Å². The molecule has 2 N–H and O–H groups in total. The van der Waals surface area contributed by atoms with Crippen LogP contribution in [0.3, 0.4) is 0 Å². The molecular weight excluding hydrogens is 108 g/mol. The van der Waals surface area contributed by atoms with Crippen LogP contribution in [-0.2, 0) is 4.79 Å². The van der Waals surface area contributed by atoms with Crippen LogP contribution in [0, 0.1) is 0 Å². The van der Waals surface area contributed by atoms with Crippen molar-refractivity contribution in [2.75, 3.05) is 0 Å². The summed E-state index contributed by atoms with van der Waals surface area (Å²) in [4.78, 5) is 12.4. The van der Waals surface area contributed by atoms with Gasteiger partial charge in [0.2, 0.25) is 5.91 Å². The van der Waals surface area contributed by atoms with Gasteiger partial charge in [-0.3, -0.25) is 4.79 Å². The van der Waals surface area contributed by atoms with Crippen molar-refractivity contribution in [2.24, 2.45) is 10.8 Å². The molecule has 0 saturated carbocycles. The van der Waals surface area contributed by atoms with Crippen molar-refractivity contribution in [2.45, 2.75) is 13.0 Å². The van der Waals surface area contributed by atoms with Gasteiger partial charge in [0.15, 0.2) is 0 Å². The first-order valence-electron chi connectivity index (χ1n) is 2.03.